The molecule has 0 spiro atoms. The third kappa shape index (κ3) is 5.80. The predicted molar refractivity (Wildman–Crippen MR) is 245 cm³/mol. The highest BCUT2D eigenvalue weighted by atomic mass is 32.1. The van der Waals surface area contributed by atoms with Gasteiger partial charge in [-0.3, -0.25) is 0 Å². The van der Waals surface area contributed by atoms with Crippen molar-refractivity contribution in [1.29, 1.82) is 0 Å². The van der Waals surface area contributed by atoms with E-state index in [0.29, 0.717) is 0 Å². The lowest BCUT2D eigenvalue weighted by Crippen LogP contribution is -2.10. The molecule has 0 aliphatic rings. The second-order valence-electron chi connectivity index (χ2n) is 14.5. The lowest BCUT2D eigenvalue weighted by atomic mass is 9.99. The Labute approximate surface area is 335 Å². The minimum Gasteiger partial charge on any atom is -0.310 e. The molecule has 268 valence electrons. The van der Waals surface area contributed by atoms with Crippen LogP contribution in [-0.2, 0) is 0 Å². The maximum absolute atomic E-state index is 2.42. The van der Waals surface area contributed by atoms with Crippen molar-refractivity contribution in [2.45, 2.75) is 0 Å². The quantitative estimate of drug-likeness (QED) is 0.158. The highest BCUT2D eigenvalue weighted by molar-refractivity contribution is 7.25. The van der Waals surface area contributed by atoms with Crippen LogP contribution in [0.15, 0.2) is 218 Å². The summed E-state index contributed by atoms with van der Waals surface area (Å²) in [7, 11) is 0. The molecular formula is C54H36N2S. The van der Waals surface area contributed by atoms with Crippen LogP contribution in [-0.4, -0.2) is 4.57 Å². The molecule has 0 bridgehead atoms. The molecule has 2 aromatic heterocycles. The van der Waals surface area contributed by atoms with E-state index in [1.165, 1.54) is 69.8 Å². The Morgan fingerprint density at radius 2 is 0.912 bits per heavy atom. The highest BCUT2D eigenvalue weighted by Crippen LogP contribution is 2.44. The average Bonchev–Trinajstić information content (AvgIpc) is 3.83. The van der Waals surface area contributed by atoms with Gasteiger partial charge in [-0.1, -0.05) is 152 Å². The van der Waals surface area contributed by atoms with E-state index in [2.05, 4.69) is 228 Å². The molecule has 0 fully saturated rings. The topological polar surface area (TPSA) is 8.17 Å². The Bertz CT molecular complexity index is 3220. The minimum absolute atomic E-state index is 1.09. The fourth-order valence-corrected chi connectivity index (χ4v) is 9.66. The van der Waals surface area contributed by atoms with Crippen LogP contribution in [0.1, 0.15) is 0 Å². The van der Waals surface area contributed by atoms with E-state index < -0.39 is 0 Å². The molecule has 2 heterocycles. The smallest absolute Gasteiger partial charge is 0.0562 e. The van der Waals surface area contributed by atoms with Crippen molar-refractivity contribution >= 4 is 70.4 Å². The van der Waals surface area contributed by atoms with Gasteiger partial charge in [-0.25, -0.2) is 0 Å². The zero-order valence-corrected chi connectivity index (χ0v) is 31.9. The van der Waals surface area contributed by atoms with E-state index in [0.717, 1.165) is 28.3 Å². The Morgan fingerprint density at radius 3 is 1.72 bits per heavy atom. The van der Waals surface area contributed by atoms with Gasteiger partial charge >= 0.3 is 0 Å². The predicted octanol–water partition coefficient (Wildman–Crippen LogP) is 15.6. The first-order valence-electron chi connectivity index (χ1n) is 19.4. The average molecular weight is 745 g/mol. The number of anilines is 3. The molecule has 2 nitrogen and oxygen atoms in total. The van der Waals surface area contributed by atoms with E-state index in [9.17, 15) is 0 Å². The minimum atomic E-state index is 1.09. The Hall–Kier alpha value is -7.20. The maximum Gasteiger partial charge on any atom is 0.0562 e. The first-order chi connectivity index (χ1) is 28.3. The van der Waals surface area contributed by atoms with Crippen molar-refractivity contribution in [3.05, 3.63) is 218 Å². The van der Waals surface area contributed by atoms with E-state index in [4.69, 9.17) is 0 Å². The number of fused-ring (bicyclic) bond motifs is 6. The summed E-state index contributed by atoms with van der Waals surface area (Å²) >= 11 is 1.86. The number of aromatic nitrogens is 1. The van der Waals surface area contributed by atoms with Crippen LogP contribution in [0.5, 0.6) is 0 Å². The molecule has 3 heteroatoms. The van der Waals surface area contributed by atoms with Gasteiger partial charge in [0.1, 0.15) is 0 Å². The van der Waals surface area contributed by atoms with Crippen molar-refractivity contribution in [1.82, 2.24) is 4.57 Å². The van der Waals surface area contributed by atoms with Gasteiger partial charge in [0, 0.05) is 53.7 Å². The summed E-state index contributed by atoms with van der Waals surface area (Å²) < 4.78 is 5.06. The summed E-state index contributed by atoms with van der Waals surface area (Å²) in [5, 5.41) is 5.13. The van der Waals surface area contributed by atoms with Gasteiger partial charge < -0.3 is 9.47 Å². The number of thiophene rings is 1. The molecule has 0 saturated heterocycles. The zero-order chi connectivity index (χ0) is 37.7. The van der Waals surface area contributed by atoms with Crippen LogP contribution in [0.3, 0.4) is 0 Å². The number of hydrogen-bond acceptors (Lipinski definition) is 2. The summed E-state index contributed by atoms with van der Waals surface area (Å²) in [6.45, 7) is 0. The molecule has 57 heavy (non-hydrogen) atoms. The van der Waals surface area contributed by atoms with Crippen LogP contribution < -0.4 is 4.90 Å². The first kappa shape index (κ1) is 33.2. The molecular weight excluding hydrogens is 709 g/mol. The molecule has 0 amide bonds. The second-order valence-corrected chi connectivity index (χ2v) is 15.6. The number of rotatable bonds is 7. The van der Waals surface area contributed by atoms with Gasteiger partial charge in [-0.2, -0.15) is 0 Å². The third-order valence-corrected chi connectivity index (χ3v) is 12.3. The summed E-state index contributed by atoms with van der Waals surface area (Å²) in [5.74, 6) is 0. The maximum atomic E-state index is 2.42. The van der Waals surface area contributed by atoms with Crippen molar-refractivity contribution < 1.29 is 0 Å². The highest BCUT2D eigenvalue weighted by Gasteiger charge is 2.20. The van der Waals surface area contributed by atoms with E-state index in [-0.39, 0.29) is 0 Å². The van der Waals surface area contributed by atoms with Crippen LogP contribution in [0.4, 0.5) is 17.1 Å². The largest absolute Gasteiger partial charge is 0.310 e. The monoisotopic (exact) mass is 744 g/mol. The number of hydrogen-bond donors (Lipinski definition) is 0. The standard InChI is InChI=1S/C54H36N2S/c1-4-14-37(15-5-1)40-18-12-21-44(34-40)55(43-29-26-38(27-30-43)41-28-32-48-47-22-10-11-25-52(47)57-53(48)35-41)45-31-33-49-51(36-45)56(42-19-8-3-9-20-42)50-24-13-23-46(54(49)50)39-16-6-2-7-17-39/h1-36H. The SMILES string of the molecule is c1ccc(-c2cccc(N(c3ccc(-c4ccc5c(c4)sc4ccccc45)cc3)c3ccc4c5c(-c6ccccc6)cccc5n(-c5ccccc5)c4c3)c2)cc1. The fraction of sp³-hybridized carbons (Fsp3) is 0. The number of nitrogens with zero attached hydrogens (tertiary/aromatic N) is 2. The Morgan fingerprint density at radius 1 is 0.333 bits per heavy atom. The van der Waals surface area contributed by atoms with Crippen LogP contribution >= 0.6 is 11.3 Å². The summed E-state index contributed by atoms with van der Waals surface area (Å²) in [4.78, 5) is 2.40. The van der Waals surface area contributed by atoms with Gasteiger partial charge in [0.25, 0.3) is 0 Å². The van der Waals surface area contributed by atoms with Crippen LogP contribution in [0.2, 0.25) is 0 Å². The fourth-order valence-electron chi connectivity index (χ4n) is 8.52. The summed E-state index contributed by atoms with van der Waals surface area (Å²) in [6.07, 6.45) is 0. The molecule has 0 aliphatic heterocycles. The van der Waals surface area contributed by atoms with Crippen molar-refractivity contribution in [2.75, 3.05) is 4.90 Å². The van der Waals surface area contributed by atoms with E-state index in [1.54, 1.807) is 0 Å². The van der Waals surface area contributed by atoms with Gasteiger partial charge in [0.2, 0.25) is 0 Å². The molecule has 0 atom stereocenters. The lowest BCUT2D eigenvalue weighted by molar-refractivity contribution is 1.18. The van der Waals surface area contributed by atoms with Gasteiger partial charge in [0.15, 0.2) is 0 Å². The lowest BCUT2D eigenvalue weighted by Gasteiger charge is -2.26. The molecule has 11 aromatic rings. The van der Waals surface area contributed by atoms with Crippen LogP contribution in [0, 0.1) is 0 Å². The molecule has 0 N–H and O–H groups in total. The van der Waals surface area contributed by atoms with Crippen molar-refractivity contribution in [3.8, 4) is 39.1 Å². The normalized spacial score (nSPS) is 11.5. The second kappa shape index (κ2) is 13.8. The van der Waals surface area contributed by atoms with Crippen molar-refractivity contribution in [3.63, 3.8) is 0 Å². The first-order valence-corrected chi connectivity index (χ1v) is 20.2. The number of para-hydroxylation sites is 1. The molecule has 0 saturated carbocycles. The molecule has 9 aromatic carbocycles. The molecule has 0 aliphatic carbocycles. The molecule has 11 rings (SSSR count). The summed E-state index contributed by atoms with van der Waals surface area (Å²) in [5.41, 5.74) is 14.0. The van der Waals surface area contributed by atoms with E-state index >= 15 is 0 Å². The van der Waals surface area contributed by atoms with E-state index in [1.807, 2.05) is 11.3 Å². The third-order valence-electron chi connectivity index (χ3n) is 11.2. The van der Waals surface area contributed by atoms with Crippen LogP contribution in [0.25, 0.3) is 81.0 Å². The van der Waals surface area contributed by atoms with Gasteiger partial charge in [-0.15, -0.1) is 11.3 Å². The molecule has 0 unspecified atom stereocenters. The number of benzene rings is 9. The summed E-state index contributed by atoms with van der Waals surface area (Å²) in [6, 6.07) is 79.4. The zero-order valence-electron chi connectivity index (χ0n) is 31.1. The Kier molecular flexibility index (Phi) is 8.04. The Balaban J connectivity index is 1.10. The van der Waals surface area contributed by atoms with Crippen molar-refractivity contribution in [2.24, 2.45) is 0 Å². The molecule has 0 radical (unpaired) electrons. The van der Waals surface area contributed by atoms with Gasteiger partial charge in [0.05, 0.1) is 11.0 Å². The van der Waals surface area contributed by atoms with Gasteiger partial charge in [-0.05, 0) is 100 Å².